The second kappa shape index (κ2) is 6.16. The third-order valence-electron chi connectivity index (χ3n) is 5.50. The maximum atomic E-state index is 12.3. The Kier molecular flexibility index (Phi) is 4.00. The van der Waals surface area contributed by atoms with E-state index in [1.807, 2.05) is 12.3 Å². The molecule has 0 aromatic carbocycles. The zero-order valence-electron chi connectivity index (χ0n) is 14.0. The summed E-state index contributed by atoms with van der Waals surface area (Å²) in [5.41, 5.74) is 2.76. The lowest BCUT2D eigenvalue weighted by atomic mass is 9.87. The van der Waals surface area contributed by atoms with Crippen molar-refractivity contribution in [2.75, 3.05) is 5.32 Å². The van der Waals surface area contributed by atoms with E-state index in [4.69, 9.17) is 4.98 Å². The van der Waals surface area contributed by atoms with E-state index in [2.05, 4.69) is 22.5 Å². The Morgan fingerprint density at radius 3 is 2.88 bits per heavy atom. The van der Waals surface area contributed by atoms with Crippen LogP contribution < -0.4 is 10.6 Å². The molecule has 1 saturated heterocycles. The van der Waals surface area contributed by atoms with Crippen molar-refractivity contribution < 1.29 is 9.90 Å². The number of amides is 1. The fourth-order valence-corrected chi connectivity index (χ4v) is 4.03. The third kappa shape index (κ3) is 2.79. The van der Waals surface area contributed by atoms with Crippen molar-refractivity contribution in [3.63, 3.8) is 0 Å². The molecule has 1 amide bonds. The molecular formula is C18H24N4O2. The Morgan fingerprint density at radius 2 is 2.12 bits per heavy atom. The number of hydrogen-bond donors (Lipinski definition) is 3. The van der Waals surface area contributed by atoms with Gasteiger partial charge in [-0.25, -0.2) is 9.97 Å². The average molecular weight is 328 g/mol. The van der Waals surface area contributed by atoms with Crippen molar-refractivity contribution in [3.8, 4) is 0 Å². The molecule has 1 aromatic heterocycles. The minimum atomic E-state index is -0.164. The van der Waals surface area contributed by atoms with Gasteiger partial charge in [0, 0.05) is 35.3 Å². The van der Waals surface area contributed by atoms with Crippen LogP contribution in [0.1, 0.15) is 62.6 Å². The smallest absolute Gasteiger partial charge is 0.248 e. The van der Waals surface area contributed by atoms with Gasteiger partial charge in [-0.1, -0.05) is 6.92 Å². The van der Waals surface area contributed by atoms with Crippen LogP contribution in [0.5, 0.6) is 0 Å². The summed E-state index contributed by atoms with van der Waals surface area (Å²) in [5.74, 6) is 0.770. The third-order valence-corrected chi connectivity index (χ3v) is 5.50. The Balaban J connectivity index is 1.53. The summed E-state index contributed by atoms with van der Waals surface area (Å²) in [6, 6.07) is 0.537. The van der Waals surface area contributed by atoms with E-state index < -0.39 is 0 Å². The molecule has 1 aliphatic heterocycles. The summed E-state index contributed by atoms with van der Waals surface area (Å²) in [4.78, 5) is 21.4. The first-order valence-corrected chi connectivity index (χ1v) is 8.98. The van der Waals surface area contributed by atoms with Crippen LogP contribution in [0.3, 0.4) is 0 Å². The minimum Gasteiger partial charge on any atom is -0.393 e. The van der Waals surface area contributed by atoms with Crippen molar-refractivity contribution in [2.45, 2.75) is 69.6 Å². The highest BCUT2D eigenvalue weighted by atomic mass is 16.3. The van der Waals surface area contributed by atoms with Crippen molar-refractivity contribution in [2.24, 2.45) is 0 Å². The summed E-state index contributed by atoms with van der Waals surface area (Å²) in [7, 11) is 0. The van der Waals surface area contributed by atoms with E-state index in [1.54, 1.807) is 0 Å². The van der Waals surface area contributed by atoms with E-state index in [0.29, 0.717) is 12.0 Å². The molecule has 3 N–H and O–H groups in total. The molecule has 4 rings (SSSR count). The number of hydrogen-bond acceptors (Lipinski definition) is 5. The number of nitrogens with zero attached hydrogens (tertiary/aromatic N) is 2. The summed E-state index contributed by atoms with van der Waals surface area (Å²) >= 11 is 0. The van der Waals surface area contributed by atoms with Gasteiger partial charge in [-0.2, -0.15) is 0 Å². The van der Waals surface area contributed by atoms with Gasteiger partial charge in [-0.15, -0.1) is 0 Å². The number of anilines is 1. The van der Waals surface area contributed by atoms with Crippen LogP contribution in [0, 0.1) is 0 Å². The molecule has 2 aliphatic carbocycles. The molecule has 0 spiro atoms. The van der Waals surface area contributed by atoms with E-state index in [9.17, 15) is 9.90 Å². The van der Waals surface area contributed by atoms with E-state index in [1.165, 1.54) is 0 Å². The van der Waals surface area contributed by atoms with Gasteiger partial charge in [-0.05, 0) is 44.6 Å². The second-order valence-corrected chi connectivity index (χ2v) is 7.15. The normalized spacial score (nSPS) is 31.8. The molecule has 1 aromatic rings. The summed E-state index contributed by atoms with van der Waals surface area (Å²) in [6.07, 6.45) is 8.97. The molecule has 1 saturated carbocycles. The first-order valence-electron chi connectivity index (χ1n) is 8.98. The van der Waals surface area contributed by atoms with Crippen molar-refractivity contribution in [1.82, 2.24) is 15.3 Å². The SMILES string of the molecule is CCC1CC2C(=Cc3cnc(NC4CCC(O)CC4)nc32)C(=O)N1. The fourth-order valence-electron chi connectivity index (χ4n) is 4.03. The standard InChI is InChI=1S/C18H24N4O2/c1-2-11-8-14-15(17(24)20-11)7-10-9-19-18(22-16(10)14)21-12-3-5-13(23)6-4-12/h7,9,11-14,23H,2-6,8H2,1H3,(H,20,24)(H,19,21,22). The van der Waals surface area contributed by atoms with Gasteiger partial charge in [-0.3, -0.25) is 4.79 Å². The van der Waals surface area contributed by atoms with Crippen molar-refractivity contribution in [3.05, 3.63) is 23.0 Å². The Morgan fingerprint density at radius 1 is 1.33 bits per heavy atom. The van der Waals surface area contributed by atoms with Crippen LogP contribution in [-0.4, -0.2) is 39.2 Å². The molecule has 2 heterocycles. The fraction of sp³-hybridized carbons (Fsp3) is 0.611. The highest BCUT2D eigenvalue weighted by Crippen LogP contribution is 2.41. The number of aliphatic hydroxyl groups is 1. The number of fused-ring (bicyclic) bond motifs is 3. The Bertz CT molecular complexity index is 680. The topological polar surface area (TPSA) is 87.1 Å². The first-order chi connectivity index (χ1) is 11.6. The van der Waals surface area contributed by atoms with Crippen LogP contribution in [0.15, 0.2) is 11.8 Å². The summed E-state index contributed by atoms with van der Waals surface area (Å²) in [5, 5.41) is 16.1. The van der Waals surface area contributed by atoms with Gasteiger partial charge >= 0.3 is 0 Å². The zero-order valence-corrected chi connectivity index (χ0v) is 14.0. The number of aliphatic hydroxyl groups excluding tert-OH is 1. The minimum absolute atomic E-state index is 0.0341. The average Bonchev–Trinajstić information content (AvgIpc) is 2.96. The number of aromatic nitrogens is 2. The number of nitrogens with one attached hydrogen (secondary N) is 2. The number of rotatable bonds is 3. The molecule has 128 valence electrons. The van der Waals surface area contributed by atoms with Crippen LogP contribution in [-0.2, 0) is 4.79 Å². The summed E-state index contributed by atoms with van der Waals surface area (Å²) in [6.45, 7) is 2.10. The predicted octanol–water partition coefficient (Wildman–Crippen LogP) is 1.97. The maximum Gasteiger partial charge on any atom is 0.248 e. The lowest BCUT2D eigenvalue weighted by molar-refractivity contribution is -0.119. The van der Waals surface area contributed by atoms with Gasteiger partial charge in [0.25, 0.3) is 0 Å². The van der Waals surface area contributed by atoms with Crippen molar-refractivity contribution in [1.29, 1.82) is 0 Å². The van der Waals surface area contributed by atoms with Crippen LogP contribution in [0.4, 0.5) is 5.95 Å². The van der Waals surface area contributed by atoms with Crippen molar-refractivity contribution >= 4 is 17.9 Å². The van der Waals surface area contributed by atoms with E-state index in [-0.39, 0.29) is 24.0 Å². The van der Waals surface area contributed by atoms with Crippen LogP contribution >= 0.6 is 0 Å². The van der Waals surface area contributed by atoms with E-state index >= 15 is 0 Å². The van der Waals surface area contributed by atoms with Gasteiger partial charge in [0.2, 0.25) is 11.9 Å². The first kappa shape index (κ1) is 15.6. The van der Waals surface area contributed by atoms with Gasteiger partial charge < -0.3 is 15.7 Å². The number of carbonyl (C=O) groups is 1. The Hall–Kier alpha value is -1.95. The van der Waals surface area contributed by atoms with Crippen LogP contribution in [0.2, 0.25) is 0 Å². The lowest BCUT2D eigenvalue weighted by Gasteiger charge is -2.29. The molecule has 2 fully saturated rings. The van der Waals surface area contributed by atoms with Gasteiger partial charge in [0.15, 0.2) is 0 Å². The lowest BCUT2D eigenvalue weighted by Crippen LogP contribution is -2.42. The maximum absolute atomic E-state index is 12.3. The molecule has 2 atom stereocenters. The van der Waals surface area contributed by atoms with Crippen LogP contribution in [0.25, 0.3) is 6.08 Å². The monoisotopic (exact) mass is 328 g/mol. The number of carbonyl (C=O) groups excluding carboxylic acids is 1. The van der Waals surface area contributed by atoms with E-state index in [0.717, 1.165) is 55.4 Å². The highest BCUT2D eigenvalue weighted by molar-refractivity contribution is 6.02. The van der Waals surface area contributed by atoms with Gasteiger partial charge in [0.05, 0.1) is 11.8 Å². The largest absolute Gasteiger partial charge is 0.393 e. The second-order valence-electron chi connectivity index (χ2n) is 7.15. The molecule has 6 heteroatoms. The molecule has 2 unspecified atom stereocenters. The number of piperidine rings is 1. The molecule has 3 aliphatic rings. The highest BCUT2D eigenvalue weighted by Gasteiger charge is 2.37. The Labute approximate surface area is 141 Å². The molecule has 0 bridgehead atoms. The zero-order chi connectivity index (χ0) is 16.7. The molecule has 0 radical (unpaired) electrons. The molecular weight excluding hydrogens is 304 g/mol. The quantitative estimate of drug-likeness (QED) is 0.790. The molecule has 6 nitrogen and oxygen atoms in total. The summed E-state index contributed by atoms with van der Waals surface area (Å²) < 4.78 is 0. The van der Waals surface area contributed by atoms with Gasteiger partial charge in [0.1, 0.15) is 0 Å². The predicted molar refractivity (Wildman–Crippen MR) is 91.5 cm³/mol. The molecule has 24 heavy (non-hydrogen) atoms.